The first-order valence-electron chi connectivity index (χ1n) is 5.91. The molecule has 0 amide bonds. The molecular weight excluding hydrogens is 358 g/mol. The van der Waals surface area contributed by atoms with Crippen molar-refractivity contribution in [3.63, 3.8) is 0 Å². The molecule has 0 radical (unpaired) electrons. The van der Waals surface area contributed by atoms with Gasteiger partial charge in [-0.05, 0) is 47.1 Å². The third-order valence-corrected chi connectivity index (χ3v) is 3.68. The molecule has 0 aliphatic rings. The largest absolute Gasteiger partial charge is 0.383 e. The molecular formula is C13H14FIN4. The predicted octanol–water partition coefficient (Wildman–Crippen LogP) is 3.06. The molecule has 0 aliphatic heterocycles. The highest BCUT2D eigenvalue weighted by Gasteiger charge is 2.13. The third-order valence-electron chi connectivity index (χ3n) is 2.50. The van der Waals surface area contributed by atoms with E-state index in [1.54, 1.807) is 6.07 Å². The molecule has 0 bridgehead atoms. The van der Waals surface area contributed by atoms with E-state index in [4.69, 9.17) is 5.73 Å². The van der Waals surface area contributed by atoms with Crippen molar-refractivity contribution in [2.24, 2.45) is 5.92 Å². The lowest BCUT2D eigenvalue weighted by molar-refractivity contribution is 0.621. The number of nitrogens with zero attached hydrogens (tertiary/aromatic N) is 3. The van der Waals surface area contributed by atoms with E-state index in [0.29, 0.717) is 23.3 Å². The summed E-state index contributed by atoms with van der Waals surface area (Å²) in [4.78, 5) is 12.7. The van der Waals surface area contributed by atoms with Gasteiger partial charge in [0.25, 0.3) is 0 Å². The van der Waals surface area contributed by atoms with E-state index in [9.17, 15) is 4.39 Å². The number of rotatable bonds is 3. The van der Waals surface area contributed by atoms with Crippen LogP contribution in [0.15, 0.2) is 18.3 Å². The molecule has 0 atom stereocenters. The fourth-order valence-corrected chi connectivity index (χ4v) is 2.12. The number of anilines is 1. The van der Waals surface area contributed by atoms with E-state index >= 15 is 0 Å². The average Bonchev–Trinajstić information content (AvgIpc) is 2.35. The number of nitrogen functional groups attached to an aromatic ring is 1. The summed E-state index contributed by atoms with van der Waals surface area (Å²) in [6.45, 7) is 4.23. The van der Waals surface area contributed by atoms with Crippen LogP contribution in [0.4, 0.5) is 10.2 Å². The maximum absolute atomic E-state index is 12.9. The van der Waals surface area contributed by atoms with Crippen LogP contribution in [-0.2, 0) is 6.42 Å². The van der Waals surface area contributed by atoms with Crippen molar-refractivity contribution < 1.29 is 4.39 Å². The van der Waals surface area contributed by atoms with Gasteiger partial charge in [-0.15, -0.1) is 0 Å². The number of pyridine rings is 1. The summed E-state index contributed by atoms with van der Waals surface area (Å²) in [6, 6.07) is 2.89. The van der Waals surface area contributed by atoms with Gasteiger partial charge >= 0.3 is 0 Å². The molecule has 100 valence electrons. The van der Waals surface area contributed by atoms with Crippen LogP contribution >= 0.6 is 22.6 Å². The van der Waals surface area contributed by atoms with Gasteiger partial charge < -0.3 is 5.73 Å². The Balaban J connectivity index is 2.46. The smallest absolute Gasteiger partial charge is 0.180 e. The molecule has 0 saturated carbocycles. The Morgan fingerprint density at radius 3 is 2.63 bits per heavy atom. The molecule has 6 heteroatoms. The molecule has 0 fully saturated rings. The molecule has 2 aromatic rings. The lowest BCUT2D eigenvalue weighted by atomic mass is 10.1. The maximum Gasteiger partial charge on any atom is 0.180 e. The Morgan fingerprint density at radius 1 is 1.32 bits per heavy atom. The van der Waals surface area contributed by atoms with Crippen molar-refractivity contribution in [2.75, 3.05) is 5.73 Å². The highest BCUT2D eigenvalue weighted by molar-refractivity contribution is 14.1. The van der Waals surface area contributed by atoms with Crippen molar-refractivity contribution in [2.45, 2.75) is 20.3 Å². The van der Waals surface area contributed by atoms with Crippen LogP contribution in [0.5, 0.6) is 0 Å². The van der Waals surface area contributed by atoms with Gasteiger partial charge in [0.15, 0.2) is 5.82 Å². The monoisotopic (exact) mass is 372 g/mol. The first-order valence-corrected chi connectivity index (χ1v) is 6.99. The van der Waals surface area contributed by atoms with Crippen molar-refractivity contribution >= 4 is 28.4 Å². The highest BCUT2D eigenvalue weighted by Crippen LogP contribution is 2.23. The molecule has 19 heavy (non-hydrogen) atoms. The zero-order valence-electron chi connectivity index (χ0n) is 10.7. The number of hydrogen-bond acceptors (Lipinski definition) is 4. The topological polar surface area (TPSA) is 64.7 Å². The van der Waals surface area contributed by atoms with Gasteiger partial charge in [-0.25, -0.2) is 19.3 Å². The molecule has 0 aromatic carbocycles. The Hall–Kier alpha value is -1.31. The van der Waals surface area contributed by atoms with Gasteiger partial charge in [-0.2, -0.15) is 0 Å². The summed E-state index contributed by atoms with van der Waals surface area (Å²) in [5.41, 5.74) is 7.33. The predicted molar refractivity (Wildman–Crippen MR) is 80.9 cm³/mol. The molecule has 0 saturated heterocycles. The van der Waals surface area contributed by atoms with E-state index in [2.05, 4.69) is 51.4 Å². The van der Waals surface area contributed by atoms with Crippen LogP contribution in [0.1, 0.15) is 19.5 Å². The molecule has 4 nitrogen and oxygen atoms in total. The number of aromatic nitrogens is 3. The lowest BCUT2D eigenvalue weighted by Gasteiger charge is -2.10. The highest BCUT2D eigenvalue weighted by atomic mass is 127. The molecule has 0 spiro atoms. The number of halogens is 2. The second-order valence-electron chi connectivity index (χ2n) is 4.65. The summed E-state index contributed by atoms with van der Waals surface area (Å²) in [5, 5.41) is 0. The van der Waals surface area contributed by atoms with Gasteiger partial charge in [0.1, 0.15) is 17.3 Å². The van der Waals surface area contributed by atoms with Crippen molar-refractivity contribution in [3.8, 4) is 11.5 Å². The summed E-state index contributed by atoms with van der Waals surface area (Å²) in [5.74, 6) is 0.961. The summed E-state index contributed by atoms with van der Waals surface area (Å²) < 4.78 is 13.7. The zero-order valence-corrected chi connectivity index (χ0v) is 12.8. The third kappa shape index (κ3) is 3.37. The van der Waals surface area contributed by atoms with Gasteiger partial charge in [0.2, 0.25) is 0 Å². The standard InChI is InChI=1S/C13H14FIN4/c1-7(2)5-10-11(15)12(16)19-13(18-10)9-4-3-8(14)6-17-9/h3-4,6-7H,5H2,1-2H3,(H2,16,18,19). The van der Waals surface area contributed by atoms with Gasteiger partial charge in [-0.1, -0.05) is 13.8 Å². The normalized spacial score (nSPS) is 11.0. The number of hydrogen-bond donors (Lipinski definition) is 1. The Morgan fingerprint density at radius 2 is 2.05 bits per heavy atom. The van der Waals surface area contributed by atoms with Crippen LogP contribution in [0.2, 0.25) is 0 Å². The van der Waals surface area contributed by atoms with E-state index in [0.717, 1.165) is 21.9 Å². The lowest BCUT2D eigenvalue weighted by Crippen LogP contribution is -2.08. The van der Waals surface area contributed by atoms with E-state index in [1.165, 1.54) is 6.07 Å². The van der Waals surface area contributed by atoms with Crippen LogP contribution in [0.25, 0.3) is 11.5 Å². The molecule has 0 aliphatic carbocycles. The summed E-state index contributed by atoms with van der Waals surface area (Å²) in [6.07, 6.45) is 1.97. The second kappa shape index (κ2) is 5.77. The van der Waals surface area contributed by atoms with Crippen molar-refractivity contribution in [3.05, 3.63) is 33.4 Å². The van der Waals surface area contributed by atoms with Gasteiger partial charge in [0, 0.05) is 0 Å². The summed E-state index contributed by atoms with van der Waals surface area (Å²) >= 11 is 2.15. The summed E-state index contributed by atoms with van der Waals surface area (Å²) in [7, 11) is 0. The van der Waals surface area contributed by atoms with Crippen LogP contribution < -0.4 is 5.73 Å². The minimum absolute atomic E-state index is 0.385. The van der Waals surface area contributed by atoms with Crippen LogP contribution in [-0.4, -0.2) is 15.0 Å². The Bertz CT molecular complexity index is 584. The minimum Gasteiger partial charge on any atom is -0.383 e. The van der Waals surface area contributed by atoms with Crippen molar-refractivity contribution in [1.29, 1.82) is 0 Å². The van der Waals surface area contributed by atoms with Gasteiger partial charge in [0.05, 0.1) is 15.5 Å². The first-order chi connectivity index (χ1) is 8.97. The molecule has 2 N–H and O–H groups in total. The minimum atomic E-state index is -0.385. The van der Waals surface area contributed by atoms with E-state index < -0.39 is 0 Å². The molecule has 2 aromatic heterocycles. The maximum atomic E-state index is 12.9. The van der Waals surface area contributed by atoms with Crippen LogP contribution in [0.3, 0.4) is 0 Å². The van der Waals surface area contributed by atoms with E-state index in [1.807, 2.05) is 0 Å². The van der Waals surface area contributed by atoms with Crippen molar-refractivity contribution in [1.82, 2.24) is 15.0 Å². The second-order valence-corrected chi connectivity index (χ2v) is 5.73. The first kappa shape index (κ1) is 14.1. The fourth-order valence-electron chi connectivity index (χ4n) is 1.66. The SMILES string of the molecule is CC(C)Cc1nc(-c2ccc(F)cn2)nc(N)c1I. The molecule has 0 unspecified atom stereocenters. The van der Waals surface area contributed by atoms with E-state index in [-0.39, 0.29) is 5.82 Å². The average molecular weight is 372 g/mol. The Kier molecular flexibility index (Phi) is 4.28. The fraction of sp³-hybridized carbons (Fsp3) is 0.308. The zero-order chi connectivity index (χ0) is 14.0. The molecule has 2 rings (SSSR count). The Labute approximate surface area is 124 Å². The molecule has 2 heterocycles. The van der Waals surface area contributed by atoms with Gasteiger partial charge in [-0.3, -0.25) is 0 Å². The quantitative estimate of drug-likeness (QED) is 0.842. The number of nitrogens with two attached hydrogens (primary N) is 1. The van der Waals surface area contributed by atoms with Crippen LogP contribution in [0, 0.1) is 15.3 Å².